The molecule has 4 aliphatic rings. The first kappa shape index (κ1) is 29.5. The zero-order chi connectivity index (χ0) is 32.5. The summed E-state index contributed by atoms with van der Waals surface area (Å²) in [7, 11) is 0. The van der Waals surface area contributed by atoms with Crippen LogP contribution in [0.4, 0.5) is 0 Å². The van der Waals surface area contributed by atoms with Crippen molar-refractivity contribution >= 4 is 23.9 Å². The monoisotopic (exact) mass is 615 g/mol. The molecule has 8 nitrogen and oxygen atoms in total. The Morgan fingerprint density at radius 3 is 0.761 bits per heavy atom. The molecule has 0 saturated heterocycles. The number of hydrogen-bond donors (Lipinski definition) is 3. The summed E-state index contributed by atoms with van der Waals surface area (Å²) in [5.74, 6) is -4.28. The van der Waals surface area contributed by atoms with E-state index in [0.717, 1.165) is 60.8 Å². The summed E-state index contributed by atoms with van der Waals surface area (Å²) in [5, 5.41) is 40.6. The molecule has 0 radical (unpaired) electrons. The summed E-state index contributed by atoms with van der Waals surface area (Å²) < 4.78 is 0. The van der Waals surface area contributed by atoms with Gasteiger partial charge in [-0.3, -0.25) is 0 Å². The molecule has 0 amide bonds. The largest absolute Gasteiger partial charge is 0.545 e. The third-order valence-electron chi connectivity index (χ3n) is 11.0. The maximum absolute atomic E-state index is 11.8. The Morgan fingerprint density at radius 1 is 0.391 bits per heavy atom. The van der Waals surface area contributed by atoms with Gasteiger partial charge >= 0.3 is 17.9 Å². The Bertz CT molecular complexity index is 1570. The number of carboxylic acids is 4. The molecular weight excluding hydrogens is 584 g/mol. The van der Waals surface area contributed by atoms with Crippen molar-refractivity contribution in [3.63, 3.8) is 0 Å². The molecule has 4 aromatic carbocycles. The van der Waals surface area contributed by atoms with Gasteiger partial charge in [-0.2, -0.15) is 0 Å². The Hall–Kier alpha value is -5.24. The van der Waals surface area contributed by atoms with Crippen molar-refractivity contribution in [3.8, 4) is 0 Å². The molecule has 8 heteroatoms. The van der Waals surface area contributed by atoms with Gasteiger partial charge in [0.1, 0.15) is 0 Å². The van der Waals surface area contributed by atoms with E-state index in [-0.39, 0.29) is 22.3 Å². The predicted octanol–water partition coefficient (Wildman–Crippen LogP) is 5.58. The number of aromatic carboxylic acids is 4. The highest BCUT2D eigenvalue weighted by molar-refractivity contribution is 5.89. The van der Waals surface area contributed by atoms with Crippen LogP contribution in [0.25, 0.3) is 0 Å². The highest BCUT2D eigenvalue weighted by Crippen LogP contribution is 2.74. The Labute approximate surface area is 265 Å². The molecule has 4 bridgehead atoms. The second-order valence-corrected chi connectivity index (χ2v) is 13.7. The maximum atomic E-state index is 11.8. The minimum Gasteiger partial charge on any atom is -0.545 e. The van der Waals surface area contributed by atoms with Crippen LogP contribution in [0.5, 0.6) is 0 Å². The fraction of sp³-hybridized carbons (Fsp3) is 0.263. The minimum absolute atomic E-state index is 0.0883. The van der Waals surface area contributed by atoms with Gasteiger partial charge in [0.2, 0.25) is 0 Å². The second-order valence-electron chi connectivity index (χ2n) is 13.7. The normalized spacial score (nSPS) is 27.7. The van der Waals surface area contributed by atoms with Crippen molar-refractivity contribution in [1.29, 1.82) is 0 Å². The maximum Gasteiger partial charge on any atom is 0.335 e. The Kier molecular flexibility index (Phi) is 6.49. The molecule has 0 atom stereocenters. The van der Waals surface area contributed by atoms with Gasteiger partial charge in [-0.25, -0.2) is 14.4 Å². The molecule has 4 aliphatic carbocycles. The third kappa shape index (κ3) is 4.50. The quantitative estimate of drug-likeness (QED) is 0.232. The van der Waals surface area contributed by atoms with Crippen molar-refractivity contribution in [3.05, 3.63) is 142 Å². The molecule has 4 saturated carbocycles. The van der Waals surface area contributed by atoms with Crippen LogP contribution < -0.4 is 5.11 Å². The van der Waals surface area contributed by atoms with Crippen molar-refractivity contribution < 1.29 is 39.6 Å². The summed E-state index contributed by atoms with van der Waals surface area (Å²) in [6.07, 6.45) is 4.52. The van der Waals surface area contributed by atoms with E-state index in [4.69, 9.17) is 0 Å². The summed E-state index contributed by atoms with van der Waals surface area (Å²) in [6, 6.07) is 28.2. The molecular formula is C38H31O8-. The van der Waals surface area contributed by atoms with Crippen molar-refractivity contribution in [1.82, 2.24) is 0 Å². The molecule has 0 spiro atoms. The van der Waals surface area contributed by atoms with Gasteiger partial charge < -0.3 is 25.2 Å². The average Bonchev–Trinajstić information content (AvgIpc) is 3.04. The van der Waals surface area contributed by atoms with Crippen LogP contribution >= 0.6 is 0 Å². The Balaban J connectivity index is 1.48. The van der Waals surface area contributed by atoms with Gasteiger partial charge in [0.25, 0.3) is 0 Å². The third-order valence-corrected chi connectivity index (χ3v) is 11.0. The van der Waals surface area contributed by atoms with Gasteiger partial charge in [0.05, 0.1) is 22.7 Å². The van der Waals surface area contributed by atoms with Crippen LogP contribution in [0.1, 0.15) is 102 Å². The van der Waals surface area contributed by atoms with E-state index in [0.29, 0.717) is 0 Å². The molecule has 0 aliphatic heterocycles. The summed E-state index contributed by atoms with van der Waals surface area (Å²) in [5.41, 5.74) is 3.04. The van der Waals surface area contributed by atoms with Gasteiger partial charge in [0, 0.05) is 0 Å². The van der Waals surface area contributed by atoms with Crippen LogP contribution in [-0.4, -0.2) is 39.2 Å². The van der Waals surface area contributed by atoms with Crippen LogP contribution in [0.2, 0.25) is 0 Å². The SMILES string of the molecule is O=C([O-])c1ccc(C23CC4(c5ccc(C(=O)O)cc5)CC(c5ccc(C(=O)O)cc5)(C2)CC(c2ccc(C(=O)O)cc2)(C3)C4)cc1. The van der Waals surface area contributed by atoms with E-state index in [1.807, 2.05) is 48.5 Å². The number of carbonyl (C=O) groups excluding carboxylic acids is 1. The first-order valence-electron chi connectivity index (χ1n) is 15.2. The van der Waals surface area contributed by atoms with Gasteiger partial charge in [-0.15, -0.1) is 0 Å². The lowest BCUT2D eigenvalue weighted by atomic mass is 9.32. The number of carbonyl (C=O) groups is 4. The van der Waals surface area contributed by atoms with E-state index in [1.54, 1.807) is 48.5 Å². The highest BCUT2D eigenvalue weighted by atomic mass is 16.4. The van der Waals surface area contributed by atoms with E-state index < -0.39 is 45.5 Å². The zero-order valence-corrected chi connectivity index (χ0v) is 24.9. The van der Waals surface area contributed by atoms with Crippen LogP contribution in [-0.2, 0) is 21.7 Å². The highest BCUT2D eigenvalue weighted by Gasteiger charge is 2.69. The zero-order valence-electron chi connectivity index (χ0n) is 24.9. The molecule has 0 aromatic heterocycles. The first-order valence-corrected chi connectivity index (χ1v) is 15.2. The van der Waals surface area contributed by atoms with Gasteiger partial charge in [-0.1, -0.05) is 60.7 Å². The lowest BCUT2D eigenvalue weighted by molar-refractivity contribution is -0.255. The van der Waals surface area contributed by atoms with E-state index in [2.05, 4.69) is 0 Å². The number of benzene rings is 4. The van der Waals surface area contributed by atoms with E-state index in [9.17, 15) is 39.6 Å². The molecule has 232 valence electrons. The lowest BCUT2D eigenvalue weighted by Crippen LogP contribution is -2.67. The summed E-state index contributed by atoms with van der Waals surface area (Å²) in [4.78, 5) is 47.0. The predicted molar refractivity (Wildman–Crippen MR) is 165 cm³/mol. The molecule has 4 aromatic rings. The molecule has 46 heavy (non-hydrogen) atoms. The molecule has 0 unspecified atom stereocenters. The van der Waals surface area contributed by atoms with Crippen molar-refractivity contribution in [2.24, 2.45) is 0 Å². The Morgan fingerprint density at radius 2 is 0.587 bits per heavy atom. The van der Waals surface area contributed by atoms with E-state index >= 15 is 0 Å². The van der Waals surface area contributed by atoms with Gasteiger partial charge in [-0.05, 0) is 124 Å². The fourth-order valence-electron chi connectivity index (χ4n) is 9.72. The first-order chi connectivity index (χ1) is 21.9. The lowest BCUT2D eigenvalue weighted by Gasteiger charge is -2.71. The molecule has 4 fully saturated rings. The van der Waals surface area contributed by atoms with Crippen LogP contribution in [0.15, 0.2) is 97.1 Å². The molecule has 8 rings (SSSR count). The van der Waals surface area contributed by atoms with Crippen LogP contribution in [0, 0.1) is 0 Å². The fourth-order valence-corrected chi connectivity index (χ4v) is 9.72. The second kappa shape index (κ2) is 10.1. The van der Waals surface area contributed by atoms with Gasteiger partial charge in [0.15, 0.2) is 0 Å². The molecule has 0 heterocycles. The number of rotatable bonds is 8. The summed E-state index contributed by atoms with van der Waals surface area (Å²) in [6.45, 7) is 0. The van der Waals surface area contributed by atoms with Crippen molar-refractivity contribution in [2.75, 3.05) is 0 Å². The summed E-state index contributed by atoms with van der Waals surface area (Å²) >= 11 is 0. The topological polar surface area (TPSA) is 152 Å². The standard InChI is InChI=1S/C38H32O8/c39-31(40)23-1-9-27(10-2-23)35-17-36(28-11-3-24(4-12-28)32(41)42)20-37(18-35,29-13-5-25(6-14-29)33(43)44)22-38(19-35,21-36)30-15-7-26(8-16-30)34(45)46/h1-16H,17-22H2,(H,39,40)(H,41,42)(H,43,44)(H,45,46)/p-1. The van der Waals surface area contributed by atoms with Crippen LogP contribution in [0.3, 0.4) is 0 Å². The minimum atomic E-state index is -1.25. The number of hydrogen-bond acceptors (Lipinski definition) is 5. The smallest absolute Gasteiger partial charge is 0.335 e. The molecule has 3 N–H and O–H groups in total. The average molecular weight is 616 g/mol. The van der Waals surface area contributed by atoms with Crippen molar-refractivity contribution in [2.45, 2.75) is 60.2 Å². The number of carboxylic acid groups (broad SMARTS) is 4. The van der Waals surface area contributed by atoms with E-state index in [1.165, 1.54) is 0 Å².